The molecule has 1 heterocycles. The third-order valence-corrected chi connectivity index (χ3v) is 3.43. The van der Waals surface area contributed by atoms with Gasteiger partial charge in [-0.25, -0.2) is 0 Å². The third-order valence-electron chi connectivity index (χ3n) is 3.21. The van der Waals surface area contributed by atoms with Crippen LogP contribution in [-0.2, 0) is 4.74 Å². The summed E-state index contributed by atoms with van der Waals surface area (Å²) >= 11 is 5.88. The number of amides is 1. The van der Waals surface area contributed by atoms with Gasteiger partial charge in [-0.15, -0.1) is 0 Å². The van der Waals surface area contributed by atoms with Crippen LogP contribution in [-0.4, -0.2) is 25.2 Å². The highest BCUT2D eigenvalue weighted by molar-refractivity contribution is 6.31. The van der Waals surface area contributed by atoms with Crippen molar-refractivity contribution >= 4 is 23.2 Å². The SMILES string of the molecule is CC(NC(=O)c1cc(N)cc(Cl)c1)C1CCOC1. The lowest BCUT2D eigenvalue weighted by Crippen LogP contribution is -2.38. The number of nitrogens with one attached hydrogen (secondary N) is 1. The molecule has 0 radical (unpaired) electrons. The smallest absolute Gasteiger partial charge is 0.251 e. The Kier molecular flexibility index (Phi) is 4.09. The fraction of sp³-hybridized carbons (Fsp3) is 0.462. The van der Waals surface area contributed by atoms with Gasteiger partial charge in [0.05, 0.1) is 6.61 Å². The number of hydrogen-bond donors (Lipinski definition) is 2. The van der Waals surface area contributed by atoms with E-state index in [1.165, 1.54) is 0 Å². The number of anilines is 1. The quantitative estimate of drug-likeness (QED) is 0.825. The van der Waals surface area contributed by atoms with Gasteiger partial charge in [0.2, 0.25) is 0 Å². The first-order valence-electron chi connectivity index (χ1n) is 6.01. The topological polar surface area (TPSA) is 64.4 Å². The van der Waals surface area contributed by atoms with E-state index in [2.05, 4.69) is 5.32 Å². The first-order valence-corrected chi connectivity index (χ1v) is 6.39. The maximum atomic E-state index is 12.1. The summed E-state index contributed by atoms with van der Waals surface area (Å²) in [6, 6.07) is 4.94. The molecular weight excluding hydrogens is 252 g/mol. The average Bonchev–Trinajstić information content (AvgIpc) is 2.80. The van der Waals surface area contributed by atoms with Gasteiger partial charge in [-0.2, -0.15) is 0 Å². The zero-order valence-corrected chi connectivity index (χ0v) is 11.0. The van der Waals surface area contributed by atoms with Crippen molar-refractivity contribution in [2.24, 2.45) is 5.92 Å². The Morgan fingerprint density at radius 3 is 2.94 bits per heavy atom. The lowest BCUT2D eigenvalue weighted by molar-refractivity contribution is 0.0922. The zero-order chi connectivity index (χ0) is 13.1. The van der Waals surface area contributed by atoms with Crippen molar-refractivity contribution < 1.29 is 9.53 Å². The van der Waals surface area contributed by atoms with Crippen LogP contribution in [0.1, 0.15) is 23.7 Å². The molecule has 1 fully saturated rings. The fourth-order valence-electron chi connectivity index (χ4n) is 2.10. The van der Waals surface area contributed by atoms with Gasteiger partial charge >= 0.3 is 0 Å². The molecule has 2 unspecified atom stereocenters. The predicted molar refractivity (Wildman–Crippen MR) is 71.7 cm³/mol. The average molecular weight is 269 g/mol. The summed E-state index contributed by atoms with van der Waals surface area (Å²) in [5.74, 6) is 0.231. The van der Waals surface area contributed by atoms with Crippen LogP contribution in [0.3, 0.4) is 0 Å². The minimum atomic E-state index is -0.149. The maximum Gasteiger partial charge on any atom is 0.251 e. The molecule has 0 aliphatic carbocycles. The minimum Gasteiger partial charge on any atom is -0.399 e. The van der Waals surface area contributed by atoms with Crippen LogP contribution in [0.5, 0.6) is 0 Å². The van der Waals surface area contributed by atoms with Gasteiger partial charge in [-0.05, 0) is 31.5 Å². The molecule has 5 heteroatoms. The van der Waals surface area contributed by atoms with Crippen molar-refractivity contribution in [1.82, 2.24) is 5.32 Å². The van der Waals surface area contributed by atoms with Crippen LogP contribution < -0.4 is 11.1 Å². The van der Waals surface area contributed by atoms with E-state index in [0.717, 1.165) is 13.0 Å². The largest absolute Gasteiger partial charge is 0.399 e. The van der Waals surface area contributed by atoms with Crippen molar-refractivity contribution in [3.8, 4) is 0 Å². The molecule has 4 nitrogen and oxygen atoms in total. The molecule has 3 N–H and O–H groups in total. The van der Waals surface area contributed by atoms with Crippen molar-refractivity contribution in [2.45, 2.75) is 19.4 Å². The second-order valence-electron chi connectivity index (χ2n) is 4.66. The fourth-order valence-corrected chi connectivity index (χ4v) is 2.34. The molecule has 0 spiro atoms. The van der Waals surface area contributed by atoms with Gasteiger partial charge in [0.15, 0.2) is 0 Å². The molecular formula is C13H17ClN2O2. The maximum absolute atomic E-state index is 12.1. The molecule has 98 valence electrons. The predicted octanol–water partition coefficient (Wildman–Crippen LogP) is 2.08. The summed E-state index contributed by atoms with van der Waals surface area (Å²) in [4.78, 5) is 12.1. The van der Waals surface area contributed by atoms with Crippen LogP contribution in [0.4, 0.5) is 5.69 Å². The molecule has 1 aliphatic heterocycles. The molecule has 2 atom stereocenters. The minimum absolute atomic E-state index is 0.0835. The van der Waals surface area contributed by atoms with E-state index in [1.54, 1.807) is 18.2 Å². The first-order chi connectivity index (χ1) is 8.56. The Morgan fingerprint density at radius 2 is 2.33 bits per heavy atom. The summed E-state index contributed by atoms with van der Waals surface area (Å²) < 4.78 is 5.31. The number of nitrogens with two attached hydrogens (primary N) is 1. The van der Waals surface area contributed by atoms with Crippen LogP contribution in [0, 0.1) is 5.92 Å². The molecule has 1 aromatic rings. The molecule has 1 aliphatic rings. The number of hydrogen-bond acceptors (Lipinski definition) is 3. The molecule has 0 aromatic heterocycles. The van der Waals surface area contributed by atoms with Gasteiger partial charge in [0.25, 0.3) is 5.91 Å². The van der Waals surface area contributed by atoms with E-state index in [-0.39, 0.29) is 11.9 Å². The number of benzene rings is 1. The van der Waals surface area contributed by atoms with E-state index in [1.807, 2.05) is 6.92 Å². The normalized spacial score (nSPS) is 20.7. The highest BCUT2D eigenvalue weighted by Gasteiger charge is 2.23. The lowest BCUT2D eigenvalue weighted by Gasteiger charge is -2.19. The molecule has 2 rings (SSSR count). The van der Waals surface area contributed by atoms with Crippen molar-refractivity contribution in [1.29, 1.82) is 0 Å². The highest BCUT2D eigenvalue weighted by Crippen LogP contribution is 2.19. The third kappa shape index (κ3) is 3.15. The van der Waals surface area contributed by atoms with E-state index in [9.17, 15) is 4.79 Å². The molecule has 18 heavy (non-hydrogen) atoms. The first kappa shape index (κ1) is 13.2. The van der Waals surface area contributed by atoms with Crippen molar-refractivity contribution in [3.05, 3.63) is 28.8 Å². The highest BCUT2D eigenvalue weighted by atomic mass is 35.5. The van der Waals surface area contributed by atoms with Crippen LogP contribution in [0.2, 0.25) is 5.02 Å². The number of carbonyl (C=O) groups is 1. The van der Waals surface area contributed by atoms with Gasteiger partial charge in [0.1, 0.15) is 0 Å². The number of carbonyl (C=O) groups excluding carboxylic acids is 1. The van der Waals surface area contributed by atoms with Crippen LogP contribution in [0.15, 0.2) is 18.2 Å². The Morgan fingerprint density at radius 1 is 1.56 bits per heavy atom. The van der Waals surface area contributed by atoms with Gasteiger partial charge < -0.3 is 15.8 Å². The van der Waals surface area contributed by atoms with Gasteiger partial charge in [0, 0.05) is 34.8 Å². The monoisotopic (exact) mass is 268 g/mol. The summed E-state index contributed by atoms with van der Waals surface area (Å²) in [5, 5.41) is 3.43. The summed E-state index contributed by atoms with van der Waals surface area (Å²) in [6.07, 6.45) is 0.985. The zero-order valence-electron chi connectivity index (χ0n) is 10.3. The molecule has 1 amide bonds. The van der Waals surface area contributed by atoms with Crippen LogP contribution in [0.25, 0.3) is 0 Å². The number of rotatable bonds is 3. The number of nitrogen functional groups attached to an aromatic ring is 1. The lowest BCUT2D eigenvalue weighted by atomic mass is 10.0. The van der Waals surface area contributed by atoms with E-state index in [4.69, 9.17) is 22.1 Å². The van der Waals surface area contributed by atoms with Crippen LogP contribution >= 0.6 is 11.6 Å². The molecule has 0 saturated carbocycles. The summed E-state index contributed by atoms with van der Waals surface area (Å²) in [7, 11) is 0. The van der Waals surface area contributed by atoms with Crippen molar-refractivity contribution in [2.75, 3.05) is 18.9 Å². The van der Waals surface area contributed by atoms with E-state index in [0.29, 0.717) is 28.8 Å². The summed E-state index contributed by atoms with van der Waals surface area (Å²) in [6.45, 7) is 3.47. The second kappa shape index (κ2) is 5.59. The van der Waals surface area contributed by atoms with Gasteiger partial charge in [-0.1, -0.05) is 11.6 Å². The van der Waals surface area contributed by atoms with Crippen molar-refractivity contribution in [3.63, 3.8) is 0 Å². The Labute approximate surface area is 111 Å². The number of halogens is 1. The van der Waals surface area contributed by atoms with Gasteiger partial charge in [-0.3, -0.25) is 4.79 Å². The summed E-state index contributed by atoms with van der Waals surface area (Å²) in [5.41, 5.74) is 6.65. The number of ether oxygens (including phenoxy) is 1. The Balaban J connectivity index is 2.02. The molecule has 1 aromatic carbocycles. The Hall–Kier alpha value is -1.26. The molecule has 1 saturated heterocycles. The standard InChI is InChI=1S/C13H17ClN2O2/c1-8(9-2-3-18-7-9)16-13(17)10-4-11(14)6-12(15)5-10/h4-6,8-9H,2-3,7,15H2,1H3,(H,16,17). The second-order valence-corrected chi connectivity index (χ2v) is 5.10. The Bertz CT molecular complexity index is 424. The van der Waals surface area contributed by atoms with E-state index >= 15 is 0 Å². The molecule has 0 bridgehead atoms. The van der Waals surface area contributed by atoms with E-state index < -0.39 is 0 Å².